The van der Waals surface area contributed by atoms with Crippen molar-refractivity contribution in [3.05, 3.63) is 74.6 Å². The van der Waals surface area contributed by atoms with Gasteiger partial charge < -0.3 is 9.30 Å². The minimum Gasteiger partial charge on any atom is -0.468 e. The maximum absolute atomic E-state index is 11.8. The summed E-state index contributed by atoms with van der Waals surface area (Å²) in [6.07, 6.45) is 5.54. The van der Waals surface area contributed by atoms with E-state index in [0.717, 1.165) is 15.6 Å². The molecule has 0 aliphatic heterocycles. The average molecular weight is 466 g/mol. The molecule has 0 aliphatic rings. The lowest BCUT2D eigenvalue weighted by atomic mass is 10.2. The van der Waals surface area contributed by atoms with Crippen LogP contribution < -0.4 is 0 Å². The Morgan fingerprint density at radius 3 is 2.74 bits per heavy atom. The Morgan fingerprint density at radius 2 is 2.04 bits per heavy atom. The molecule has 0 aliphatic carbocycles. The topological polar surface area (TPSA) is 44.1 Å². The molecule has 0 atom stereocenters. The van der Waals surface area contributed by atoms with Crippen molar-refractivity contribution in [1.82, 2.24) is 9.55 Å². The molecular weight excluding hydrogens is 451 g/mol. The second-order valence-electron chi connectivity index (χ2n) is 5.70. The molecule has 0 unspecified atom stereocenters. The Kier molecular flexibility index (Phi) is 6.37. The van der Waals surface area contributed by atoms with Crippen LogP contribution >= 0.6 is 39.1 Å². The Balaban J connectivity index is 2.00. The molecule has 1 heterocycles. The number of rotatable bonds is 5. The molecule has 0 saturated heterocycles. The van der Waals surface area contributed by atoms with Crippen molar-refractivity contribution in [1.29, 1.82) is 0 Å². The highest BCUT2D eigenvalue weighted by Crippen LogP contribution is 2.30. The zero-order valence-corrected chi connectivity index (χ0v) is 17.4. The van der Waals surface area contributed by atoms with Gasteiger partial charge in [-0.3, -0.25) is 4.79 Å². The van der Waals surface area contributed by atoms with Crippen molar-refractivity contribution in [2.75, 3.05) is 7.11 Å². The number of carbonyl (C=O) groups is 1. The zero-order valence-electron chi connectivity index (χ0n) is 14.3. The van der Waals surface area contributed by atoms with Gasteiger partial charge in [0.1, 0.15) is 12.4 Å². The molecule has 27 heavy (non-hydrogen) atoms. The molecule has 7 heteroatoms. The first kappa shape index (κ1) is 19.7. The largest absolute Gasteiger partial charge is 0.468 e. The number of benzene rings is 2. The van der Waals surface area contributed by atoms with Crippen LogP contribution in [0.2, 0.25) is 10.0 Å². The molecule has 4 nitrogen and oxygen atoms in total. The van der Waals surface area contributed by atoms with Gasteiger partial charge in [0.15, 0.2) is 0 Å². The van der Waals surface area contributed by atoms with E-state index in [1.807, 2.05) is 36.4 Å². The van der Waals surface area contributed by atoms with E-state index in [2.05, 4.69) is 20.9 Å². The summed E-state index contributed by atoms with van der Waals surface area (Å²) in [7, 11) is 1.35. The summed E-state index contributed by atoms with van der Waals surface area (Å²) >= 11 is 15.7. The van der Waals surface area contributed by atoms with Crippen LogP contribution in [0.15, 0.2) is 53.1 Å². The third kappa shape index (κ3) is 5.01. The number of hydrogen-bond donors (Lipinski definition) is 0. The summed E-state index contributed by atoms with van der Waals surface area (Å²) in [6.45, 7) is 0.0485. The van der Waals surface area contributed by atoms with Crippen LogP contribution in [0.5, 0.6) is 0 Å². The van der Waals surface area contributed by atoms with Crippen LogP contribution in [-0.2, 0) is 16.1 Å². The SMILES string of the molecule is COC(=O)Cn1cc(-c2ccc(Cl)cc2Cl)nc1C=Cc1cccc(Br)c1. The lowest BCUT2D eigenvalue weighted by Gasteiger charge is -2.03. The molecule has 0 saturated carbocycles. The van der Waals surface area contributed by atoms with Gasteiger partial charge in [0, 0.05) is 21.3 Å². The lowest BCUT2D eigenvalue weighted by molar-refractivity contribution is -0.141. The molecule has 0 amide bonds. The molecule has 138 valence electrons. The van der Waals surface area contributed by atoms with Gasteiger partial charge in [0.05, 0.1) is 17.8 Å². The van der Waals surface area contributed by atoms with Gasteiger partial charge in [-0.15, -0.1) is 0 Å². The standard InChI is InChI=1S/C20H15BrCl2N2O2/c1-27-20(26)12-25-11-18(16-7-6-15(22)10-17(16)23)24-19(25)8-5-13-3-2-4-14(21)9-13/h2-11H,12H2,1H3. The number of imidazole rings is 1. The third-order valence-electron chi connectivity index (χ3n) is 3.82. The number of hydrogen-bond acceptors (Lipinski definition) is 3. The Morgan fingerprint density at radius 1 is 1.22 bits per heavy atom. The quantitative estimate of drug-likeness (QED) is 0.436. The van der Waals surface area contributed by atoms with Crippen LogP contribution in [-0.4, -0.2) is 22.6 Å². The fourth-order valence-electron chi connectivity index (χ4n) is 2.50. The number of nitrogens with zero attached hydrogens (tertiary/aromatic N) is 2. The summed E-state index contributed by atoms with van der Waals surface area (Å²) in [6, 6.07) is 13.1. The van der Waals surface area contributed by atoms with Gasteiger partial charge in [-0.2, -0.15) is 0 Å². The first-order chi connectivity index (χ1) is 13.0. The van der Waals surface area contributed by atoms with Crippen molar-refractivity contribution in [2.24, 2.45) is 0 Å². The van der Waals surface area contributed by atoms with Crippen LogP contribution in [0, 0.1) is 0 Å². The summed E-state index contributed by atoms with van der Waals surface area (Å²) in [5.74, 6) is 0.250. The highest BCUT2D eigenvalue weighted by molar-refractivity contribution is 9.10. The number of aromatic nitrogens is 2. The van der Waals surface area contributed by atoms with Gasteiger partial charge in [0.25, 0.3) is 0 Å². The predicted octanol–water partition coefficient (Wildman–Crippen LogP) is 5.96. The number of methoxy groups -OCH3 is 1. The first-order valence-corrected chi connectivity index (χ1v) is 9.54. The fraction of sp³-hybridized carbons (Fsp3) is 0.100. The van der Waals surface area contributed by atoms with E-state index in [-0.39, 0.29) is 12.5 Å². The number of ether oxygens (including phenoxy) is 1. The molecule has 0 N–H and O–H groups in total. The number of carbonyl (C=O) groups excluding carboxylic acids is 1. The summed E-state index contributed by atoms with van der Waals surface area (Å²) in [5.41, 5.74) is 2.39. The van der Waals surface area contributed by atoms with E-state index < -0.39 is 0 Å². The van der Waals surface area contributed by atoms with E-state index in [9.17, 15) is 4.79 Å². The summed E-state index contributed by atoms with van der Waals surface area (Å²) in [5, 5.41) is 1.04. The van der Waals surface area contributed by atoms with Crippen molar-refractivity contribution >= 4 is 57.3 Å². The zero-order chi connectivity index (χ0) is 19.4. The van der Waals surface area contributed by atoms with Crippen LogP contribution in [0.4, 0.5) is 0 Å². The van der Waals surface area contributed by atoms with Crippen molar-refractivity contribution in [3.8, 4) is 11.3 Å². The Hall–Kier alpha value is -2.08. The molecule has 3 aromatic rings. The van der Waals surface area contributed by atoms with Crippen molar-refractivity contribution < 1.29 is 9.53 Å². The summed E-state index contributed by atoms with van der Waals surface area (Å²) in [4.78, 5) is 16.4. The molecular formula is C20H15BrCl2N2O2. The Bertz CT molecular complexity index is 1010. The van der Waals surface area contributed by atoms with Crippen LogP contribution in [0.1, 0.15) is 11.4 Å². The first-order valence-electron chi connectivity index (χ1n) is 7.99. The number of halogens is 3. The van der Waals surface area contributed by atoms with Gasteiger partial charge in [-0.1, -0.05) is 57.3 Å². The van der Waals surface area contributed by atoms with Gasteiger partial charge in [-0.25, -0.2) is 4.98 Å². The summed E-state index contributed by atoms with van der Waals surface area (Å²) < 4.78 is 7.49. The normalized spacial score (nSPS) is 11.1. The Labute approximate surface area is 175 Å². The van der Waals surface area contributed by atoms with E-state index in [0.29, 0.717) is 21.6 Å². The predicted molar refractivity (Wildman–Crippen MR) is 113 cm³/mol. The maximum Gasteiger partial charge on any atom is 0.325 e. The highest BCUT2D eigenvalue weighted by Gasteiger charge is 2.13. The van der Waals surface area contributed by atoms with Gasteiger partial charge in [0.2, 0.25) is 0 Å². The van der Waals surface area contributed by atoms with Gasteiger partial charge >= 0.3 is 5.97 Å². The average Bonchev–Trinajstić information content (AvgIpc) is 3.02. The van der Waals surface area contributed by atoms with Crippen LogP contribution in [0.25, 0.3) is 23.4 Å². The molecule has 1 aromatic heterocycles. The van der Waals surface area contributed by atoms with E-state index >= 15 is 0 Å². The minimum absolute atomic E-state index is 0.0485. The molecule has 0 spiro atoms. The van der Waals surface area contributed by atoms with E-state index in [1.165, 1.54) is 7.11 Å². The lowest BCUT2D eigenvalue weighted by Crippen LogP contribution is -2.11. The second-order valence-corrected chi connectivity index (χ2v) is 7.46. The van der Waals surface area contributed by atoms with Crippen molar-refractivity contribution in [3.63, 3.8) is 0 Å². The van der Waals surface area contributed by atoms with E-state index in [1.54, 1.807) is 29.0 Å². The monoisotopic (exact) mass is 464 g/mol. The smallest absolute Gasteiger partial charge is 0.325 e. The third-order valence-corrected chi connectivity index (χ3v) is 4.86. The van der Waals surface area contributed by atoms with Gasteiger partial charge in [-0.05, 0) is 42.0 Å². The molecule has 2 aromatic carbocycles. The molecule has 3 rings (SSSR count). The van der Waals surface area contributed by atoms with Crippen LogP contribution in [0.3, 0.4) is 0 Å². The molecule has 0 fully saturated rings. The number of esters is 1. The minimum atomic E-state index is -0.363. The maximum atomic E-state index is 11.8. The molecule has 0 radical (unpaired) electrons. The van der Waals surface area contributed by atoms with Crippen molar-refractivity contribution in [2.45, 2.75) is 6.54 Å². The molecule has 0 bridgehead atoms. The second kappa shape index (κ2) is 8.74. The highest BCUT2D eigenvalue weighted by atomic mass is 79.9. The van der Waals surface area contributed by atoms with E-state index in [4.69, 9.17) is 27.9 Å². The fourth-order valence-corrected chi connectivity index (χ4v) is 3.42.